The van der Waals surface area contributed by atoms with Gasteiger partial charge in [-0.25, -0.2) is 4.98 Å². The van der Waals surface area contributed by atoms with Crippen molar-refractivity contribution in [1.82, 2.24) is 9.55 Å². The first-order valence-corrected chi connectivity index (χ1v) is 8.97. The molecule has 3 aromatic rings. The maximum Gasteiger partial charge on any atom is 0.262 e. The predicted molar refractivity (Wildman–Crippen MR) is 105 cm³/mol. The van der Waals surface area contributed by atoms with E-state index in [1.165, 1.54) is 25.1 Å². The number of nitrogens with two attached hydrogens (primary N) is 1. The monoisotopic (exact) mass is 402 g/mol. The number of ether oxygens (including phenoxy) is 2. The van der Waals surface area contributed by atoms with Gasteiger partial charge in [0.15, 0.2) is 0 Å². The van der Waals surface area contributed by atoms with E-state index < -0.39 is 17.4 Å². The fourth-order valence-corrected chi connectivity index (χ4v) is 3.74. The highest BCUT2D eigenvalue weighted by Gasteiger charge is 2.18. The molecular weight excluding hydrogens is 384 g/mol. The van der Waals surface area contributed by atoms with Crippen molar-refractivity contribution in [2.24, 2.45) is 5.73 Å². The summed E-state index contributed by atoms with van der Waals surface area (Å²) in [4.78, 5) is 41.5. The van der Waals surface area contributed by atoms with Gasteiger partial charge in [0.1, 0.15) is 22.9 Å². The number of nitrogens with one attached hydrogen (secondary N) is 1. The Hall–Kier alpha value is -3.40. The lowest BCUT2D eigenvalue weighted by molar-refractivity contribution is -0.116. The molecule has 2 heterocycles. The number of aryl methyl sites for hydroxylation is 1. The average Bonchev–Trinajstić information content (AvgIpc) is 3.02. The first-order chi connectivity index (χ1) is 13.3. The zero-order valence-electron chi connectivity index (χ0n) is 15.4. The minimum atomic E-state index is -0.615. The third kappa shape index (κ3) is 3.54. The maximum absolute atomic E-state index is 12.7. The summed E-state index contributed by atoms with van der Waals surface area (Å²) in [5.41, 5.74) is 5.83. The van der Waals surface area contributed by atoms with Gasteiger partial charge in [-0.1, -0.05) is 0 Å². The lowest BCUT2D eigenvalue weighted by atomic mass is 10.2. The molecule has 0 spiro atoms. The summed E-state index contributed by atoms with van der Waals surface area (Å²) in [7, 11) is 3.00. The van der Waals surface area contributed by atoms with E-state index in [0.29, 0.717) is 27.6 Å². The van der Waals surface area contributed by atoms with Crippen LogP contribution in [-0.4, -0.2) is 35.6 Å². The number of anilines is 1. The molecule has 9 nitrogen and oxygen atoms in total. The molecule has 0 saturated carbocycles. The molecule has 28 heavy (non-hydrogen) atoms. The second kappa shape index (κ2) is 7.69. The zero-order valence-corrected chi connectivity index (χ0v) is 16.3. The van der Waals surface area contributed by atoms with Crippen LogP contribution in [0.1, 0.15) is 15.2 Å². The van der Waals surface area contributed by atoms with Gasteiger partial charge in [-0.15, -0.1) is 11.3 Å². The summed E-state index contributed by atoms with van der Waals surface area (Å²) in [6.45, 7) is 1.38. The summed E-state index contributed by atoms with van der Waals surface area (Å²) < 4.78 is 11.5. The minimum absolute atomic E-state index is 0.252. The molecule has 2 aromatic heterocycles. The number of hydrogen-bond donors (Lipinski definition) is 2. The van der Waals surface area contributed by atoms with Crippen LogP contribution in [0.5, 0.6) is 11.5 Å². The summed E-state index contributed by atoms with van der Waals surface area (Å²) >= 11 is 1.06. The molecule has 0 radical (unpaired) electrons. The molecule has 3 N–H and O–H groups in total. The van der Waals surface area contributed by atoms with Crippen LogP contribution < -0.4 is 26.1 Å². The van der Waals surface area contributed by atoms with Gasteiger partial charge in [0, 0.05) is 6.07 Å². The quantitative estimate of drug-likeness (QED) is 0.644. The molecule has 146 valence electrons. The lowest BCUT2D eigenvalue weighted by Gasteiger charge is -2.12. The lowest BCUT2D eigenvalue weighted by Crippen LogP contribution is -2.28. The number of thiophene rings is 1. The van der Waals surface area contributed by atoms with Crippen molar-refractivity contribution in [3.8, 4) is 11.5 Å². The highest BCUT2D eigenvalue weighted by Crippen LogP contribution is 2.29. The van der Waals surface area contributed by atoms with Gasteiger partial charge in [-0.2, -0.15) is 0 Å². The van der Waals surface area contributed by atoms with Crippen molar-refractivity contribution in [2.45, 2.75) is 13.5 Å². The summed E-state index contributed by atoms with van der Waals surface area (Å²) in [6.07, 6.45) is 1.27. The molecule has 0 atom stereocenters. The van der Waals surface area contributed by atoms with Crippen LogP contribution >= 0.6 is 11.3 Å². The molecule has 0 fully saturated rings. The van der Waals surface area contributed by atoms with Crippen LogP contribution in [0.2, 0.25) is 0 Å². The molecule has 2 amide bonds. The van der Waals surface area contributed by atoms with Crippen LogP contribution in [0.4, 0.5) is 5.69 Å². The Kier molecular flexibility index (Phi) is 5.32. The number of benzene rings is 1. The highest BCUT2D eigenvalue weighted by atomic mass is 32.1. The summed E-state index contributed by atoms with van der Waals surface area (Å²) in [6, 6.07) is 4.95. The number of nitrogens with zero attached hydrogens (tertiary/aromatic N) is 2. The van der Waals surface area contributed by atoms with Gasteiger partial charge in [-0.05, 0) is 24.6 Å². The third-order valence-corrected chi connectivity index (χ3v) is 5.35. The molecule has 3 rings (SSSR count). The zero-order chi connectivity index (χ0) is 20.4. The number of rotatable bonds is 6. The van der Waals surface area contributed by atoms with Crippen molar-refractivity contribution in [1.29, 1.82) is 0 Å². The van der Waals surface area contributed by atoms with E-state index in [2.05, 4.69) is 10.3 Å². The van der Waals surface area contributed by atoms with Gasteiger partial charge in [-0.3, -0.25) is 19.0 Å². The van der Waals surface area contributed by atoms with E-state index in [1.807, 2.05) is 0 Å². The summed E-state index contributed by atoms with van der Waals surface area (Å²) in [5, 5.41) is 2.98. The SMILES string of the molecule is COc1ccc(NC(=O)Cn2cnc3sc(C(N)=O)c(C)c3c2=O)c(OC)c1. The topological polar surface area (TPSA) is 126 Å². The Balaban J connectivity index is 1.88. The fourth-order valence-electron chi connectivity index (χ4n) is 2.75. The first kappa shape index (κ1) is 19.4. The van der Waals surface area contributed by atoms with E-state index in [0.717, 1.165) is 11.3 Å². The molecule has 0 aliphatic heterocycles. The van der Waals surface area contributed by atoms with Crippen molar-refractivity contribution >= 4 is 39.1 Å². The molecule has 10 heteroatoms. The normalized spacial score (nSPS) is 10.7. The Morgan fingerprint density at radius 2 is 2.04 bits per heavy atom. The molecule has 1 aromatic carbocycles. The molecule has 0 unspecified atom stereocenters. The van der Waals surface area contributed by atoms with Gasteiger partial charge in [0.2, 0.25) is 5.91 Å². The number of aromatic nitrogens is 2. The van der Waals surface area contributed by atoms with Crippen LogP contribution in [0, 0.1) is 6.92 Å². The van der Waals surface area contributed by atoms with Gasteiger partial charge in [0.05, 0.1) is 36.5 Å². The number of carbonyl (C=O) groups is 2. The number of carbonyl (C=O) groups excluding carboxylic acids is 2. The predicted octanol–water partition coefficient (Wildman–Crippen LogP) is 1.52. The summed E-state index contributed by atoms with van der Waals surface area (Å²) in [5.74, 6) is -0.0437. The first-order valence-electron chi connectivity index (χ1n) is 8.16. The van der Waals surface area contributed by atoms with Gasteiger partial charge < -0.3 is 20.5 Å². The van der Waals surface area contributed by atoms with Crippen molar-refractivity contribution in [3.63, 3.8) is 0 Å². The van der Waals surface area contributed by atoms with Crippen molar-refractivity contribution in [2.75, 3.05) is 19.5 Å². The number of primary amides is 1. The second-order valence-electron chi connectivity index (χ2n) is 5.89. The molecular formula is C18H18N4O5S. The Bertz CT molecular complexity index is 1130. The smallest absolute Gasteiger partial charge is 0.262 e. The van der Waals surface area contributed by atoms with E-state index in [-0.39, 0.29) is 16.8 Å². The minimum Gasteiger partial charge on any atom is -0.497 e. The third-order valence-electron chi connectivity index (χ3n) is 4.14. The number of hydrogen-bond acceptors (Lipinski definition) is 7. The number of amides is 2. The van der Waals surface area contributed by atoms with E-state index in [9.17, 15) is 14.4 Å². The Morgan fingerprint density at radius 1 is 1.29 bits per heavy atom. The molecule has 0 aliphatic rings. The van der Waals surface area contributed by atoms with Crippen molar-refractivity contribution in [3.05, 3.63) is 45.3 Å². The Labute approximate surface area is 163 Å². The number of fused-ring (bicyclic) bond motifs is 1. The van der Waals surface area contributed by atoms with E-state index in [1.54, 1.807) is 25.1 Å². The van der Waals surface area contributed by atoms with Crippen molar-refractivity contribution < 1.29 is 19.1 Å². The van der Waals surface area contributed by atoms with Gasteiger partial charge >= 0.3 is 0 Å². The van der Waals surface area contributed by atoms with E-state index >= 15 is 0 Å². The molecule has 0 saturated heterocycles. The van der Waals surface area contributed by atoms with Crippen LogP contribution in [0.15, 0.2) is 29.3 Å². The largest absolute Gasteiger partial charge is 0.497 e. The Morgan fingerprint density at radius 3 is 2.68 bits per heavy atom. The van der Waals surface area contributed by atoms with Crippen LogP contribution in [0.3, 0.4) is 0 Å². The standard InChI is InChI=1S/C18H18N4O5S/c1-9-14-17(28-15(9)16(19)24)20-8-22(18(14)25)7-13(23)21-11-5-4-10(26-2)6-12(11)27-3/h4-6,8H,7H2,1-3H3,(H2,19,24)(H,21,23). The number of methoxy groups -OCH3 is 2. The van der Waals surface area contributed by atoms with E-state index in [4.69, 9.17) is 15.2 Å². The molecule has 0 bridgehead atoms. The average molecular weight is 402 g/mol. The highest BCUT2D eigenvalue weighted by molar-refractivity contribution is 7.20. The maximum atomic E-state index is 12.7. The van der Waals surface area contributed by atoms with Crippen LogP contribution in [-0.2, 0) is 11.3 Å². The fraction of sp³-hybridized carbons (Fsp3) is 0.222. The molecule has 0 aliphatic carbocycles. The van der Waals surface area contributed by atoms with Gasteiger partial charge in [0.25, 0.3) is 11.5 Å². The van der Waals surface area contributed by atoms with Crippen LogP contribution in [0.25, 0.3) is 10.2 Å². The second-order valence-corrected chi connectivity index (χ2v) is 6.89.